The minimum atomic E-state index is 0.430. The molecular weight excluding hydrogens is 194 g/mol. The van der Waals surface area contributed by atoms with E-state index >= 15 is 0 Å². The van der Waals surface area contributed by atoms with E-state index in [1.807, 2.05) is 14.0 Å². The molecule has 0 aliphatic rings. The van der Waals surface area contributed by atoms with E-state index in [0.29, 0.717) is 16.4 Å². The number of hydrogen-bond donors (Lipinski definition) is 1. The van der Waals surface area contributed by atoms with Crippen molar-refractivity contribution in [1.82, 2.24) is 9.78 Å². The van der Waals surface area contributed by atoms with Gasteiger partial charge in [0.1, 0.15) is 0 Å². The van der Waals surface area contributed by atoms with Crippen molar-refractivity contribution in [2.75, 3.05) is 0 Å². The van der Waals surface area contributed by atoms with Crippen LogP contribution in [0.2, 0.25) is 5.02 Å². The van der Waals surface area contributed by atoms with Gasteiger partial charge in [-0.1, -0.05) is 23.8 Å². The first-order valence-electron chi connectivity index (χ1n) is 3.48. The molecule has 0 radical (unpaired) electrons. The van der Waals surface area contributed by atoms with E-state index in [-0.39, 0.29) is 0 Å². The highest BCUT2D eigenvalue weighted by molar-refractivity contribution is 7.80. The maximum absolute atomic E-state index is 5.96. The lowest BCUT2D eigenvalue weighted by Crippen LogP contribution is -2.14. The highest BCUT2D eigenvalue weighted by Gasteiger charge is 2.10. The van der Waals surface area contributed by atoms with Crippen molar-refractivity contribution in [2.45, 2.75) is 13.3 Å². The summed E-state index contributed by atoms with van der Waals surface area (Å²) in [6.45, 7) is 1.85. The zero-order valence-electron chi connectivity index (χ0n) is 6.97. The molecule has 66 valence electrons. The Balaban J connectivity index is 3.05. The first kappa shape index (κ1) is 9.48. The molecule has 2 N–H and O–H groups in total. The number of nitrogens with zero attached hydrogens (tertiary/aromatic N) is 2. The first-order valence-corrected chi connectivity index (χ1v) is 4.27. The second-order valence-electron chi connectivity index (χ2n) is 2.61. The van der Waals surface area contributed by atoms with E-state index in [9.17, 15) is 0 Å². The lowest BCUT2D eigenvalue weighted by Gasteiger charge is -1.99. The van der Waals surface area contributed by atoms with Crippen molar-refractivity contribution in [3.8, 4) is 0 Å². The van der Waals surface area contributed by atoms with Gasteiger partial charge in [-0.05, 0) is 6.92 Å². The van der Waals surface area contributed by atoms with Gasteiger partial charge in [0.15, 0.2) is 0 Å². The Morgan fingerprint density at radius 3 is 2.67 bits per heavy atom. The molecule has 0 unspecified atom stereocenters. The van der Waals surface area contributed by atoms with Crippen molar-refractivity contribution >= 4 is 28.8 Å². The van der Waals surface area contributed by atoms with Crippen LogP contribution < -0.4 is 5.73 Å². The summed E-state index contributed by atoms with van der Waals surface area (Å²) in [5.41, 5.74) is 7.09. The average molecular weight is 204 g/mol. The number of halogens is 1. The van der Waals surface area contributed by atoms with Crippen LogP contribution in [0.15, 0.2) is 0 Å². The summed E-state index contributed by atoms with van der Waals surface area (Å²) in [5.74, 6) is 0. The third kappa shape index (κ3) is 1.76. The summed E-state index contributed by atoms with van der Waals surface area (Å²) in [6.07, 6.45) is 0.505. The normalized spacial score (nSPS) is 10.2. The van der Waals surface area contributed by atoms with Crippen LogP contribution in [0.3, 0.4) is 0 Å². The number of hydrogen-bond acceptors (Lipinski definition) is 2. The standard InChI is InChI=1S/C7H10ClN3S/c1-4-7(8)5(3-6(9)12)11(2)10-4/h3H2,1-2H3,(H2,9,12). The zero-order chi connectivity index (χ0) is 9.30. The molecule has 0 amide bonds. The monoisotopic (exact) mass is 203 g/mol. The van der Waals surface area contributed by atoms with Crippen LogP contribution in [-0.2, 0) is 13.5 Å². The fraction of sp³-hybridized carbons (Fsp3) is 0.429. The highest BCUT2D eigenvalue weighted by atomic mass is 35.5. The molecule has 0 spiro atoms. The molecule has 1 heterocycles. The van der Waals surface area contributed by atoms with E-state index in [1.54, 1.807) is 4.68 Å². The summed E-state index contributed by atoms with van der Waals surface area (Å²) in [6, 6.07) is 0. The Kier molecular flexibility index (Phi) is 2.69. The van der Waals surface area contributed by atoms with Crippen molar-refractivity contribution < 1.29 is 0 Å². The number of aromatic nitrogens is 2. The van der Waals surface area contributed by atoms with Crippen molar-refractivity contribution in [2.24, 2.45) is 12.8 Å². The molecule has 3 nitrogen and oxygen atoms in total. The molecular formula is C7H10ClN3S. The Labute approximate surface area is 81.5 Å². The lowest BCUT2D eigenvalue weighted by molar-refractivity contribution is 0.724. The van der Waals surface area contributed by atoms with Crippen LogP contribution in [0.25, 0.3) is 0 Å². The first-order chi connectivity index (χ1) is 5.52. The predicted octanol–water partition coefficient (Wildman–Crippen LogP) is 1.21. The second-order valence-corrected chi connectivity index (χ2v) is 3.52. The zero-order valence-corrected chi connectivity index (χ0v) is 8.54. The minimum Gasteiger partial charge on any atom is -0.393 e. The van der Waals surface area contributed by atoms with Gasteiger partial charge in [-0.25, -0.2) is 0 Å². The molecule has 0 fully saturated rings. The summed E-state index contributed by atoms with van der Waals surface area (Å²) in [4.78, 5) is 0.430. The Morgan fingerprint density at radius 1 is 1.75 bits per heavy atom. The van der Waals surface area contributed by atoms with Gasteiger partial charge in [0.2, 0.25) is 0 Å². The van der Waals surface area contributed by atoms with Gasteiger partial charge in [0.05, 0.1) is 21.4 Å². The van der Waals surface area contributed by atoms with Gasteiger partial charge in [-0.15, -0.1) is 0 Å². The molecule has 0 atom stereocenters. The summed E-state index contributed by atoms with van der Waals surface area (Å²) >= 11 is 10.7. The van der Waals surface area contributed by atoms with Crippen LogP contribution in [-0.4, -0.2) is 14.8 Å². The lowest BCUT2D eigenvalue weighted by atomic mass is 10.3. The maximum Gasteiger partial charge on any atom is 0.0851 e. The molecule has 0 aliphatic heterocycles. The quantitative estimate of drug-likeness (QED) is 0.735. The van der Waals surface area contributed by atoms with Crippen LogP contribution >= 0.6 is 23.8 Å². The van der Waals surface area contributed by atoms with Gasteiger partial charge in [-0.2, -0.15) is 5.10 Å². The third-order valence-electron chi connectivity index (χ3n) is 1.60. The molecule has 0 bridgehead atoms. The fourth-order valence-electron chi connectivity index (χ4n) is 1.04. The van der Waals surface area contributed by atoms with Gasteiger partial charge in [0, 0.05) is 13.5 Å². The molecule has 1 aromatic heterocycles. The highest BCUT2D eigenvalue weighted by Crippen LogP contribution is 2.19. The Bertz CT molecular complexity index is 319. The number of rotatable bonds is 2. The maximum atomic E-state index is 5.96. The topological polar surface area (TPSA) is 43.8 Å². The SMILES string of the molecule is Cc1nn(C)c(CC(N)=S)c1Cl. The molecule has 1 aromatic rings. The smallest absolute Gasteiger partial charge is 0.0851 e. The Morgan fingerprint density at radius 2 is 2.33 bits per heavy atom. The van der Waals surface area contributed by atoms with Gasteiger partial charge >= 0.3 is 0 Å². The third-order valence-corrected chi connectivity index (χ3v) is 2.24. The number of aryl methyl sites for hydroxylation is 2. The fourth-order valence-corrected chi connectivity index (χ4v) is 1.40. The molecule has 0 saturated carbocycles. The van der Waals surface area contributed by atoms with Crippen LogP contribution in [0.1, 0.15) is 11.4 Å². The Hall–Kier alpha value is -0.610. The molecule has 12 heavy (non-hydrogen) atoms. The van der Waals surface area contributed by atoms with Gasteiger partial charge < -0.3 is 5.73 Å². The molecule has 5 heteroatoms. The van der Waals surface area contributed by atoms with E-state index in [1.165, 1.54) is 0 Å². The van der Waals surface area contributed by atoms with E-state index in [4.69, 9.17) is 29.6 Å². The molecule has 0 aliphatic carbocycles. The molecule has 0 aromatic carbocycles. The van der Waals surface area contributed by atoms with Crippen LogP contribution in [0, 0.1) is 6.92 Å². The van der Waals surface area contributed by atoms with Gasteiger partial charge in [0.25, 0.3) is 0 Å². The minimum absolute atomic E-state index is 0.430. The van der Waals surface area contributed by atoms with E-state index < -0.39 is 0 Å². The largest absolute Gasteiger partial charge is 0.393 e. The molecule has 1 rings (SSSR count). The summed E-state index contributed by atoms with van der Waals surface area (Å²) < 4.78 is 1.71. The number of nitrogens with two attached hydrogens (primary N) is 1. The molecule has 0 saturated heterocycles. The second kappa shape index (κ2) is 3.41. The van der Waals surface area contributed by atoms with Crippen molar-refractivity contribution in [3.05, 3.63) is 16.4 Å². The number of thiocarbonyl (C=S) groups is 1. The van der Waals surface area contributed by atoms with E-state index in [0.717, 1.165) is 11.4 Å². The van der Waals surface area contributed by atoms with E-state index in [2.05, 4.69) is 5.10 Å². The van der Waals surface area contributed by atoms with Gasteiger partial charge in [-0.3, -0.25) is 4.68 Å². The summed E-state index contributed by atoms with van der Waals surface area (Å²) in [7, 11) is 1.83. The van der Waals surface area contributed by atoms with Crippen molar-refractivity contribution in [1.29, 1.82) is 0 Å². The van der Waals surface area contributed by atoms with Crippen molar-refractivity contribution in [3.63, 3.8) is 0 Å². The average Bonchev–Trinajstić information content (AvgIpc) is 2.16. The predicted molar refractivity (Wildman–Crippen MR) is 53.4 cm³/mol. The van der Waals surface area contributed by atoms with Crippen LogP contribution in [0.4, 0.5) is 0 Å². The van der Waals surface area contributed by atoms with Crippen LogP contribution in [0.5, 0.6) is 0 Å². The summed E-state index contributed by atoms with van der Waals surface area (Å²) in [5, 5.41) is 4.79.